The van der Waals surface area contributed by atoms with Gasteiger partial charge in [0.15, 0.2) is 0 Å². The van der Waals surface area contributed by atoms with Crippen LogP contribution in [0.15, 0.2) is 22.7 Å². The van der Waals surface area contributed by atoms with Crippen molar-refractivity contribution in [2.24, 2.45) is 0 Å². The molecule has 0 atom stereocenters. The molecule has 0 aromatic heterocycles. The van der Waals surface area contributed by atoms with E-state index in [2.05, 4.69) is 22.9 Å². The van der Waals surface area contributed by atoms with Crippen LogP contribution in [0.1, 0.15) is 25.3 Å². The minimum absolute atomic E-state index is 0.581. The summed E-state index contributed by atoms with van der Waals surface area (Å²) in [4.78, 5) is 0. The highest BCUT2D eigenvalue weighted by molar-refractivity contribution is 9.10. The van der Waals surface area contributed by atoms with Crippen LogP contribution in [0.5, 0.6) is 0 Å². The first-order valence-corrected chi connectivity index (χ1v) is 6.72. The summed E-state index contributed by atoms with van der Waals surface area (Å²) in [5.74, 6) is 0. The van der Waals surface area contributed by atoms with Crippen molar-refractivity contribution < 1.29 is 9.47 Å². The maximum Gasteiger partial charge on any atom is 0.0729 e. The second-order valence-electron chi connectivity index (χ2n) is 3.87. The first-order chi connectivity index (χ1) is 8.24. The van der Waals surface area contributed by atoms with Crippen molar-refractivity contribution in [2.45, 2.75) is 26.4 Å². The van der Waals surface area contributed by atoms with Crippen LogP contribution < -0.4 is 5.73 Å². The first-order valence-electron chi connectivity index (χ1n) is 5.93. The molecule has 1 aromatic rings. The first kappa shape index (κ1) is 14.5. The lowest BCUT2D eigenvalue weighted by Crippen LogP contribution is -2.05. The quantitative estimate of drug-likeness (QED) is 0.591. The van der Waals surface area contributed by atoms with E-state index < -0.39 is 0 Å². The van der Waals surface area contributed by atoms with Gasteiger partial charge >= 0.3 is 0 Å². The Bertz CT molecular complexity index is 331. The highest BCUT2D eigenvalue weighted by Crippen LogP contribution is 2.20. The number of anilines is 1. The van der Waals surface area contributed by atoms with Crippen LogP contribution in [-0.2, 0) is 16.1 Å². The third-order valence-electron chi connectivity index (χ3n) is 2.35. The molecule has 17 heavy (non-hydrogen) atoms. The topological polar surface area (TPSA) is 44.5 Å². The van der Waals surface area contributed by atoms with Crippen molar-refractivity contribution >= 4 is 21.6 Å². The molecule has 1 aromatic carbocycles. The normalized spacial score (nSPS) is 10.7. The lowest BCUT2D eigenvalue weighted by atomic mass is 10.2. The van der Waals surface area contributed by atoms with Crippen LogP contribution in [0, 0.1) is 0 Å². The van der Waals surface area contributed by atoms with E-state index in [0.29, 0.717) is 19.8 Å². The van der Waals surface area contributed by atoms with Gasteiger partial charge in [-0.15, -0.1) is 0 Å². The Hall–Kier alpha value is -0.580. The Morgan fingerprint density at radius 1 is 1.18 bits per heavy atom. The van der Waals surface area contributed by atoms with Crippen LogP contribution in [-0.4, -0.2) is 19.8 Å². The van der Waals surface area contributed by atoms with Crippen LogP contribution >= 0.6 is 15.9 Å². The fraction of sp³-hybridized carbons (Fsp3) is 0.538. The number of nitrogens with two attached hydrogens (primary N) is 1. The Morgan fingerprint density at radius 2 is 1.94 bits per heavy atom. The molecule has 0 bridgehead atoms. The minimum atomic E-state index is 0.581. The molecular formula is C13H20BrNO2. The van der Waals surface area contributed by atoms with E-state index in [4.69, 9.17) is 15.2 Å². The Labute approximate surface area is 111 Å². The van der Waals surface area contributed by atoms with Gasteiger partial charge in [-0.05, 0) is 24.1 Å². The summed E-state index contributed by atoms with van der Waals surface area (Å²) < 4.78 is 11.9. The molecule has 0 aliphatic heterocycles. The number of nitrogen functional groups attached to an aromatic ring is 1. The number of halogens is 1. The van der Waals surface area contributed by atoms with Crippen molar-refractivity contribution in [3.63, 3.8) is 0 Å². The van der Waals surface area contributed by atoms with Crippen molar-refractivity contribution in [3.8, 4) is 0 Å². The average molecular weight is 302 g/mol. The fourth-order valence-electron chi connectivity index (χ4n) is 1.33. The second kappa shape index (κ2) is 8.50. The van der Waals surface area contributed by atoms with Crippen molar-refractivity contribution in [2.75, 3.05) is 25.6 Å². The molecule has 0 spiro atoms. The zero-order valence-electron chi connectivity index (χ0n) is 10.2. The van der Waals surface area contributed by atoms with Gasteiger partial charge in [0.1, 0.15) is 0 Å². The molecular weight excluding hydrogens is 282 g/mol. The van der Waals surface area contributed by atoms with E-state index in [1.165, 1.54) is 6.42 Å². The van der Waals surface area contributed by atoms with Crippen LogP contribution in [0.4, 0.5) is 5.69 Å². The van der Waals surface area contributed by atoms with Crippen molar-refractivity contribution in [1.82, 2.24) is 0 Å². The lowest BCUT2D eigenvalue weighted by molar-refractivity contribution is 0.0395. The largest absolute Gasteiger partial charge is 0.399 e. The summed E-state index contributed by atoms with van der Waals surface area (Å²) in [5, 5.41) is 0. The molecule has 0 unspecified atom stereocenters. The Balaban J connectivity index is 2.14. The molecule has 2 N–H and O–H groups in total. The van der Waals surface area contributed by atoms with E-state index in [0.717, 1.165) is 28.8 Å². The summed E-state index contributed by atoms with van der Waals surface area (Å²) >= 11 is 3.46. The van der Waals surface area contributed by atoms with Gasteiger partial charge in [0.25, 0.3) is 0 Å². The average Bonchev–Trinajstić information content (AvgIpc) is 2.30. The molecule has 0 aliphatic carbocycles. The summed E-state index contributed by atoms with van der Waals surface area (Å²) in [5.41, 5.74) is 7.52. The fourth-order valence-corrected chi connectivity index (χ4v) is 1.84. The van der Waals surface area contributed by atoms with Crippen molar-refractivity contribution in [1.29, 1.82) is 0 Å². The molecule has 0 aliphatic rings. The third-order valence-corrected chi connectivity index (χ3v) is 3.09. The van der Waals surface area contributed by atoms with Crippen LogP contribution in [0.25, 0.3) is 0 Å². The van der Waals surface area contributed by atoms with Crippen molar-refractivity contribution in [3.05, 3.63) is 28.2 Å². The molecule has 0 heterocycles. The predicted molar refractivity (Wildman–Crippen MR) is 73.9 cm³/mol. The number of ether oxygens (including phenoxy) is 2. The molecule has 0 fully saturated rings. The predicted octanol–water partition coefficient (Wildman–Crippen LogP) is 3.36. The highest BCUT2D eigenvalue weighted by atomic mass is 79.9. The number of benzene rings is 1. The number of hydrogen-bond acceptors (Lipinski definition) is 3. The summed E-state index contributed by atoms with van der Waals surface area (Å²) in [6, 6.07) is 5.73. The van der Waals surface area contributed by atoms with E-state index in [1.54, 1.807) is 0 Å². The van der Waals surface area contributed by atoms with Gasteiger partial charge in [0.2, 0.25) is 0 Å². The number of rotatable bonds is 8. The van der Waals surface area contributed by atoms with Gasteiger partial charge in [-0.2, -0.15) is 0 Å². The van der Waals surface area contributed by atoms with Gasteiger partial charge in [0, 0.05) is 16.8 Å². The standard InChI is InChI=1S/C13H20BrNO2/c1-2-3-6-16-7-8-17-10-11-4-5-12(15)9-13(11)14/h4-5,9H,2-3,6-8,10,15H2,1H3. The van der Waals surface area contributed by atoms with Crippen LogP contribution in [0.2, 0.25) is 0 Å². The smallest absolute Gasteiger partial charge is 0.0729 e. The number of unbranched alkanes of at least 4 members (excludes halogenated alkanes) is 1. The zero-order valence-corrected chi connectivity index (χ0v) is 11.8. The van der Waals surface area contributed by atoms with Crippen LogP contribution in [0.3, 0.4) is 0 Å². The Kier molecular flexibility index (Phi) is 7.24. The summed E-state index contributed by atoms with van der Waals surface area (Å²) in [7, 11) is 0. The molecule has 0 saturated carbocycles. The molecule has 1 rings (SSSR count). The molecule has 4 heteroatoms. The summed E-state index contributed by atoms with van der Waals surface area (Å²) in [6.45, 7) is 4.84. The Morgan fingerprint density at radius 3 is 2.65 bits per heavy atom. The minimum Gasteiger partial charge on any atom is -0.399 e. The number of hydrogen-bond donors (Lipinski definition) is 1. The van der Waals surface area contributed by atoms with Gasteiger partial charge in [-0.1, -0.05) is 35.3 Å². The van der Waals surface area contributed by atoms with Gasteiger partial charge in [-0.3, -0.25) is 0 Å². The lowest BCUT2D eigenvalue weighted by Gasteiger charge is -2.07. The zero-order chi connectivity index (χ0) is 12.5. The monoisotopic (exact) mass is 301 g/mol. The molecule has 96 valence electrons. The SMILES string of the molecule is CCCCOCCOCc1ccc(N)cc1Br. The van der Waals surface area contributed by atoms with Gasteiger partial charge in [0.05, 0.1) is 19.8 Å². The van der Waals surface area contributed by atoms with E-state index in [-0.39, 0.29) is 0 Å². The highest BCUT2D eigenvalue weighted by Gasteiger charge is 2.00. The molecule has 3 nitrogen and oxygen atoms in total. The molecule has 0 amide bonds. The molecule has 0 radical (unpaired) electrons. The van der Waals surface area contributed by atoms with Gasteiger partial charge < -0.3 is 15.2 Å². The maximum atomic E-state index is 5.66. The van der Waals surface area contributed by atoms with E-state index in [1.807, 2.05) is 18.2 Å². The maximum absolute atomic E-state index is 5.66. The summed E-state index contributed by atoms with van der Waals surface area (Å²) in [6.07, 6.45) is 2.28. The van der Waals surface area contributed by atoms with Gasteiger partial charge in [-0.25, -0.2) is 0 Å². The molecule has 0 saturated heterocycles. The third kappa shape index (κ3) is 6.05. The van der Waals surface area contributed by atoms with E-state index in [9.17, 15) is 0 Å². The second-order valence-corrected chi connectivity index (χ2v) is 4.72. The van der Waals surface area contributed by atoms with E-state index >= 15 is 0 Å².